The van der Waals surface area contributed by atoms with Crippen LogP contribution in [0.25, 0.3) is 6.08 Å². The van der Waals surface area contributed by atoms with Crippen LogP contribution < -0.4 is 13.7 Å². The lowest BCUT2D eigenvalue weighted by atomic mass is 10.1. The second kappa shape index (κ2) is 11.7. The molecular formula is C28H27NO7S2. The smallest absolute Gasteiger partial charge is 0.339 e. The number of ether oxygens (including phenoxy) is 2. The number of imide groups is 1. The van der Waals surface area contributed by atoms with Gasteiger partial charge in [0.1, 0.15) is 17.3 Å². The lowest BCUT2D eigenvalue weighted by Gasteiger charge is -2.14. The number of carbonyl (C=O) groups excluding carboxylic acids is 2. The highest BCUT2D eigenvalue weighted by Crippen LogP contribution is 2.35. The highest BCUT2D eigenvalue weighted by molar-refractivity contribution is 8.18. The van der Waals surface area contributed by atoms with Gasteiger partial charge in [0.2, 0.25) is 0 Å². The zero-order valence-electron chi connectivity index (χ0n) is 21.2. The molecule has 4 rings (SSSR count). The summed E-state index contributed by atoms with van der Waals surface area (Å²) in [6.07, 6.45) is 1.56. The Morgan fingerprint density at radius 1 is 0.895 bits per heavy atom. The second-order valence-corrected chi connectivity index (χ2v) is 11.0. The number of hydrogen-bond acceptors (Lipinski definition) is 8. The third-order valence-electron chi connectivity index (χ3n) is 5.59. The normalized spacial score (nSPS) is 14.7. The number of hydrogen-bond donors (Lipinski definition) is 0. The fourth-order valence-corrected chi connectivity index (χ4v) is 5.48. The summed E-state index contributed by atoms with van der Waals surface area (Å²) in [6.45, 7) is 6.21. The SMILES string of the molecule is CCOc1cc(/C=C2\SC(=O)N(CCOc3cc(C)ccc3C)C2=O)ccc1OS(=O)(=O)c1ccccc1. The van der Waals surface area contributed by atoms with E-state index >= 15 is 0 Å². The largest absolute Gasteiger partial charge is 0.491 e. The number of aryl methyl sites for hydroxylation is 2. The van der Waals surface area contributed by atoms with Crippen LogP contribution in [0.1, 0.15) is 23.6 Å². The molecule has 0 aliphatic carbocycles. The van der Waals surface area contributed by atoms with Crippen LogP contribution in [0.4, 0.5) is 4.79 Å². The molecule has 0 aromatic heterocycles. The highest BCUT2D eigenvalue weighted by Gasteiger charge is 2.35. The number of thioether (sulfide) groups is 1. The van der Waals surface area contributed by atoms with Crippen molar-refractivity contribution < 1.29 is 31.7 Å². The predicted molar refractivity (Wildman–Crippen MR) is 146 cm³/mol. The minimum atomic E-state index is -4.06. The van der Waals surface area contributed by atoms with E-state index in [-0.39, 0.29) is 46.3 Å². The van der Waals surface area contributed by atoms with Crippen molar-refractivity contribution in [1.82, 2.24) is 4.90 Å². The van der Waals surface area contributed by atoms with Gasteiger partial charge in [-0.15, -0.1) is 0 Å². The third kappa shape index (κ3) is 6.38. The minimum absolute atomic E-state index is 0.0155. The molecule has 3 aromatic carbocycles. The first-order valence-corrected chi connectivity index (χ1v) is 14.1. The van der Waals surface area contributed by atoms with Gasteiger partial charge in [-0.3, -0.25) is 14.5 Å². The van der Waals surface area contributed by atoms with Gasteiger partial charge in [0.15, 0.2) is 11.5 Å². The maximum absolute atomic E-state index is 12.9. The van der Waals surface area contributed by atoms with Crippen molar-refractivity contribution >= 4 is 39.1 Å². The Labute approximate surface area is 226 Å². The number of benzene rings is 3. The average Bonchev–Trinajstić information content (AvgIpc) is 3.15. The zero-order valence-corrected chi connectivity index (χ0v) is 22.8. The van der Waals surface area contributed by atoms with Gasteiger partial charge in [0.05, 0.1) is 18.1 Å². The molecule has 0 bridgehead atoms. The molecule has 0 unspecified atom stereocenters. The van der Waals surface area contributed by atoms with Crippen LogP contribution in [0, 0.1) is 13.8 Å². The standard InChI is InChI=1S/C28H27NO7S2/c1-4-34-25-17-21(12-13-23(25)36-38(32,33)22-8-6-5-7-9-22)18-26-27(30)29(28(31)37-26)14-15-35-24-16-19(2)10-11-20(24)3/h5-13,16-18H,4,14-15H2,1-3H3/b26-18-. The Kier molecular flexibility index (Phi) is 8.43. The third-order valence-corrected chi connectivity index (χ3v) is 7.74. The molecular weight excluding hydrogens is 526 g/mol. The van der Waals surface area contributed by atoms with E-state index in [9.17, 15) is 18.0 Å². The van der Waals surface area contributed by atoms with E-state index in [1.54, 1.807) is 43.3 Å². The maximum atomic E-state index is 12.9. The van der Waals surface area contributed by atoms with E-state index in [1.807, 2.05) is 32.0 Å². The molecule has 38 heavy (non-hydrogen) atoms. The summed E-state index contributed by atoms with van der Waals surface area (Å²) in [6, 6.07) is 18.3. The van der Waals surface area contributed by atoms with Crippen LogP contribution in [-0.4, -0.2) is 44.2 Å². The van der Waals surface area contributed by atoms with E-state index in [0.29, 0.717) is 11.3 Å². The van der Waals surface area contributed by atoms with Crippen molar-refractivity contribution in [2.45, 2.75) is 25.7 Å². The van der Waals surface area contributed by atoms with E-state index in [4.69, 9.17) is 13.7 Å². The second-order valence-electron chi connectivity index (χ2n) is 8.44. The summed E-state index contributed by atoms with van der Waals surface area (Å²) in [5.41, 5.74) is 2.58. The lowest BCUT2D eigenvalue weighted by molar-refractivity contribution is -0.123. The summed E-state index contributed by atoms with van der Waals surface area (Å²) in [5.74, 6) is 0.508. The molecule has 0 radical (unpaired) electrons. The Bertz CT molecular complexity index is 1480. The highest BCUT2D eigenvalue weighted by atomic mass is 32.2. The average molecular weight is 554 g/mol. The summed E-state index contributed by atoms with van der Waals surface area (Å²) < 4.78 is 42.0. The molecule has 1 fully saturated rings. The molecule has 3 aromatic rings. The van der Waals surface area contributed by atoms with Gasteiger partial charge in [-0.25, -0.2) is 0 Å². The molecule has 1 saturated heterocycles. The van der Waals surface area contributed by atoms with Gasteiger partial charge in [0.25, 0.3) is 11.1 Å². The minimum Gasteiger partial charge on any atom is -0.491 e. The van der Waals surface area contributed by atoms with Gasteiger partial charge < -0.3 is 13.7 Å². The molecule has 2 amide bonds. The fraction of sp³-hybridized carbons (Fsp3) is 0.214. The lowest BCUT2D eigenvalue weighted by Crippen LogP contribution is -2.32. The van der Waals surface area contributed by atoms with E-state index < -0.39 is 16.0 Å². The Balaban J connectivity index is 1.48. The van der Waals surface area contributed by atoms with Gasteiger partial charge >= 0.3 is 10.1 Å². The van der Waals surface area contributed by atoms with Crippen molar-refractivity contribution in [2.24, 2.45) is 0 Å². The topological polar surface area (TPSA) is 99.2 Å². The monoisotopic (exact) mass is 553 g/mol. The number of nitrogens with zero attached hydrogens (tertiary/aromatic N) is 1. The van der Waals surface area contributed by atoms with Crippen molar-refractivity contribution in [3.63, 3.8) is 0 Å². The Hall–Kier alpha value is -3.76. The van der Waals surface area contributed by atoms with Gasteiger partial charge in [0, 0.05) is 0 Å². The number of rotatable bonds is 10. The first kappa shape index (κ1) is 27.3. The van der Waals surface area contributed by atoms with E-state index in [1.165, 1.54) is 18.2 Å². The maximum Gasteiger partial charge on any atom is 0.339 e. The molecule has 1 heterocycles. The molecule has 0 saturated carbocycles. The first-order valence-electron chi connectivity index (χ1n) is 11.9. The van der Waals surface area contributed by atoms with Crippen LogP contribution in [0.15, 0.2) is 76.5 Å². The van der Waals surface area contributed by atoms with Crippen LogP contribution >= 0.6 is 11.8 Å². The molecule has 0 atom stereocenters. The molecule has 8 nitrogen and oxygen atoms in total. The Morgan fingerprint density at radius 3 is 2.39 bits per heavy atom. The van der Waals surface area contributed by atoms with E-state index in [2.05, 4.69) is 0 Å². The summed E-state index contributed by atoms with van der Waals surface area (Å²) >= 11 is 0.834. The van der Waals surface area contributed by atoms with Crippen molar-refractivity contribution in [1.29, 1.82) is 0 Å². The summed E-state index contributed by atoms with van der Waals surface area (Å²) in [5, 5.41) is -0.384. The quantitative estimate of drug-likeness (QED) is 0.237. The van der Waals surface area contributed by atoms with E-state index in [0.717, 1.165) is 27.8 Å². The van der Waals surface area contributed by atoms with Crippen molar-refractivity contribution in [3.8, 4) is 17.2 Å². The molecule has 1 aliphatic heterocycles. The number of amides is 2. The summed E-state index contributed by atoms with van der Waals surface area (Å²) in [4.78, 5) is 26.9. The molecule has 198 valence electrons. The molecule has 0 N–H and O–H groups in total. The van der Waals surface area contributed by atoms with Crippen molar-refractivity contribution in [2.75, 3.05) is 19.8 Å². The van der Waals surface area contributed by atoms with Gasteiger partial charge in [-0.05, 0) is 85.6 Å². The number of carbonyl (C=O) groups is 2. The van der Waals surface area contributed by atoms with Gasteiger partial charge in [-0.2, -0.15) is 8.42 Å². The zero-order chi connectivity index (χ0) is 27.3. The van der Waals surface area contributed by atoms with Crippen LogP contribution in [0.2, 0.25) is 0 Å². The van der Waals surface area contributed by atoms with Crippen LogP contribution in [-0.2, 0) is 14.9 Å². The molecule has 1 aliphatic rings. The predicted octanol–water partition coefficient (Wildman–Crippen LogP) is 5.59. The van der Waals surface area contributed by atoms with Crippen LogP contribution in [0.5, 0.6) is 17.2 Å². The Morgan fingerprint density at radius 2 is 1.66 bits per heavy atom. The van der Waals surface area contributed by atoms with Crippen LogP contribution in [0.3, 0.4) is 0 Å². The van der Waals surface area contributed by atoms with Crippen molar-refractivity contribution in [3.05, 3.63) is 88.3 Å². The summed E-state index contributed by atoms with van der Waals surface area (Å²) in [7, 11) is -4.06. The fourth-order valence-electron chi connectivity index (χ4n) is 3.66. The first-order chi connectivity index (χ1) is 18.2. The molecule has 10 heteroatoms. The van der Waals surface area contributed by atoms with Gasteiger partial charge in [-0.1, -0.05) is 36.4 Å². The molecule has 0 spiro atoms.